The second kappa shape index (κ2) is 4.37. The number of benzene rings is 1. The highest BCUT2D eigenvalue weighted by atomic mass is 16.2. The molecule has 0 bridgehead atoms. The van der Waals surface area contributed by atoms with Gasteiger partial charge in [0.1, 0.15) is 13.1 Å². The summed E-state index contributed by atoms with van der Waals surface area (Å²) in [6.07, 6.45) is 1.56. The molecule has 2 heterocycles. The first-order chi connectivity index (χ1) is 9.54. The molecule has 1 aromatic heterocycles. The van der Waals surface area contributed by atoms with Gasteiger partial charge in [-0.15, -0.1) is 0 Å². The fraction of sp³-hybridized carbons (Fsp3) is 0.154. The number of anilines is 1. The minimum absolute atomic E-state index is 0.125. The maximum Gasteiger partial charge on any atom is 0.256 e. The van der Waals surface area contributed by atoms with Crippen LogP contribution >= 0.6 is 0 Å². The summed E-state index contributed by atoms with van der Waals surface area (Å²) in [6, 6.07) is 5.19. The average Bonchev–Trinajstić information content (AvgIpc) is 2.79. The zero-order valence-corrected chi connectivity index (χ0v) is 10.5. The first kappa shape index (κ1) is 12.2. The second-order valence-electron chi connectivity index (χ2n) is 4.64. The van der Waals surface area contributed by atoms with Crippen LogP contribution in [0.3, 0.4) is 0 Å². The fourth-order valence-electron chi connectivity index (χ4n) is 2.27. The van der Waals surface area contributed by atoms with Gasteiger partial charge in [0.2, 0.25) is 11.8 Å². The van der Waals surface area contributed by atoms with Gasteiger partial charge in [-0.05, 0) is 18.2 Å². The zero-order chi connectivity index (χ0) is 14.3. The van der Waals surface area contributed by atoms with Crippen LogP contribution in [0.4, 0.5) is 5.69 Å². The van der Waals surface area contributed by atoms with Crippen molar-refractivity contribution in [1.82, 2.24) is 15.2 Å². The van der Waals surface area contributed by atoms with Gasteiger partial charge < -0.3 is 15.6 Å². The molecule has 7 heteroatoms. The number of nitrogens with zero attached hydrogens (tertiary/aromatic N) is 1. The van der Waals surface area contributed by atoms with Crippen LogP contribution in [-0.4, -0.2) is 40.7 Å². The molecule has 2 aromatic rings. The topological polar surface area (TPSA) is 108 Å². The molecular weight excluding hydrogens is 260 g/mol. The standard InChI is InChI=1S/C13H12N4O3/c14-7-1-2-10-8(3-7)9(4-15-10)13(20)17-5-11(18)16-12(19)6-17/h1-4,15H,5-6,14H2,(H,16,18,19). The predicted octanol–water partition coefficient (Wildman–Crippen LogP) is -0.151. The van der Waals surface area contributed by atoms with Gasteiger partial charge in [0.15, 0.2) is 0 Å². The summed E-state index contributed by atoms with van der Waals surface area (Å²) in [7, 11) is 0. The number of rotatable bonds is 1. The van der Waals surface area contributed by atoms with Crippen molar-refractivity contribution >= 4 is 34.3 Å². The van der Waals surface area contributed by atoms with Crippen LogP contribution in [0.5, 0.6) is 0 Å². The van der Waals surface area contributed by atoms with Crippen molar-refractivity contribution in [2.45, 2.75) is 0 Å². The number of nitrogens with one attached hydrogen (secondary N) is 2. The van der Waals surface area contributed by atoms with Crippen LogP contribution in [0.25, 0.3) is 10.9 Å². The van der Waals surface area contributed by atoms with E-state index in [1.165, 1.54) is 4.90 Å². The molecule has 20 heavy (non-hydrogen) atoms. The van der Waals surface area contributed by atoms with Crippen LogP contribution in [0.15, 0.2) is 24.4 Å². The number of carbonyl (C=O) groups is 3. The molecule has 1 aliphatic heterocycles. The Bertz CT molecular complexity index is 718. The third-order valence-corrected chi connectivity index (χ3v) is 3.17. The lowest BCUT2D eigenvalue weighted by Gasteiger charge is -2.25. The van der Waals surface area contributed by atoms with Gasteiger partial charge in [-0.3, -0.25) is 19.7 Å². The highest BCUT2D eigenvalue weighted by Gasteiger charge is 2.28. The molecule has 3 rings (SSSR count). The van der Waals surface area contributed by atoms with Gasteiger partial charge in [-0.1, -0.05) is 0 Å². The average molecular weight is 272 g/mol. The smallest absolute Gasteiger partial charge is 0.256 e. The highest BCUT2D eigenvalue weighted by molar-refractivity contribution is 6.11. The molecule has 0 radical (unpaired) electrons. The summed E-state index contributed by atoms with van der Waals surface area (Å²) in [5.74, 6) is -1.33. The molecule has 1 saturated heterocycles. The predicted molar refractivity (Wildman–Crippen MR) is 71.8 cm³/mol. The normalized spacial score (nSPS) is 15.5. The molecule has 1 aliphatic rings. The van der Waals surface area contributed by atoms with Gasteiger partial charge in [0, 0.05) is 22.8 Å². The first-order valence-electron chi connectivity index (χ1n) is 6.03. The lowest BCUT2D eigenvalue weighted by molar-refractivity contribution is -0.135. The maximum atomic E-state index is 12.4. The lowest BCUT2D eigenvalue weighted by atomic mass is 10.1. The van der Waals surface area contributed by atoms with Crippen molar-refractivity contribution in [1.29, 1.82) is 0 Å². The molecule has 0 saturated carbocycles. The van der Waals surface area contributed by atoms with Gasteiger partial charge >= 0.3 is 0 Å². The van der Waals surface area contributed by atoms with E-state index in [0.717, 1.165) is 5.52 Å². The van der Waals surface area contributed by atoms with E-state index in [1.807, 2.05) is 0 Å². The lowest BCUT2D eigenvalue weighted by Crippen LogP contribution is -2.53. The number of H-pyrrole nitrogens is 1. The third-order valence-electron chi connectivity index (χ3n) is 3.17. The quantitative estimate of drug-likeness (QED) is 0.495. The van der Waals surface area contributed by atoms with E-state index in [9.17, 15) is 14.4 Å². The van der Waals surface area contributed by atoms with Crippen molar-refractivity contribution in [2.24, 2.45) is 0 Å². The highest BCUT2D eigenvalue weighted by Crippen LogP contribution is 2.22. The molecule has 0 atom stereocenters. The number of imide groups is 1. The van der Waals surface area contributed by atoms with Crippen LogP contribution in [0.1, 0.15) is 10.4 Å². The second-order valence-corrected chi connectivity index (χ2v) is 4.64. The molecular formula is C13H12N4O3. The Balaban J connectivity index is 1.98. The van der Waals surface area contributed by atoms with Gasteiger partial charge in [0.25, 0.3) is 5.91 Å². The van der Waals surface area contributed by atoms with Crippen LogP contribution < -0.4 is 11.1 Å². The van der Waals surface area contributed by atoms with E-state index < -0.39 is 11.8 Å². The Morgan fingerprint density at radius 2 is 1.90 bits per heavy atom. The van der Waals surface area contributed by atoms with Crippen molar-refractivity contribution in [3.05, 3.63) is 30.0 Å². The molecule has 0 unspecified atom stereocenters. The van der Waals surface area contributed by atoms with E-state index in [1.54, 1.807) is 24.4 Å². The number of nitrogen functional groups attached to an aromatic ring is 1. The summed E-state index contributed by atoms with van der Waals surface area (Å²) >= 11 is 0. The van der Waals surface area contributed by atoms with E-state index >= 15 is 0 Å². The number of aromatic nitrogens is 1. The molecule has 102 valence electrons. The molecule has 0 spiro atoms. The Morgan fingerprint density at radius 3 is 2.60 bits per heavy atom. The minimum Gasteiger partial charge on any atom is -0.399 e. The Labute approximate surface area is 113 Å². The fourth-order valence-corrected chi connectivity index (χ4v) is 2.27. The van der Waals surface area contributed by atoms with Crippen LogP contribution in [0, 0.1) is 0 Å². The molecule has 4 N–H and O–H groups in total. The maximum absolute atomic E-state index is 12.4. The summed E-state index contributed by atoms with van der Waals surface area (Å²) in [6.45, 7) is -0.251. The van der Waals surface area contributed by atoms with Crippen molar-refractivity contribution < 1.29 is 14.4 Å². The Morgan fingerprint density at radius 1 is 1.20 bits per heavy atom. The van der Waals surface area contributed by atoms with Gasteiger partial charge in [0.05, 0.1) is 5.56 Å². The van der Waals surface area contributed by atoms with Gasteiger partial charge in [-0.25, -0.2) is 0 Å². The SMILES string of the molecule is Nc1ccc2[nH]cc(C(=O)N3CC(=O)NC(=O)C3)c2c1. The number of hydrogen-bond acceptors (Lipinski definition) is 4. The summed E-state index contributed by atoms with van der Waals surface area (Å²) < 4.78 is 0. The molecule has 3 amide bonds. The summed E-state index contributed by atoms with van der Waals surface area (Å²) in [4.78, 5) is 39.2. The number of fused-ring (bicyclic) bond motifs is 1. The first-order valence-corrected chi connectivity index (χ1v) is 6.03. The third kappa shape index (κ3) is 1.99. The van der Waals surface area contributed by atoms with E-state index in [2.05, 4.69) is 10.3 Å². The number of nitrogens with two attached hydrogens (primary N) is 1. The summed E-state index contributed by atoms with van der Waals surface area (Å²) in [5, 5.41) is 2.83. The van der Waals surface area contributed by atoms with Gasteiger partial charge in [-0.2, -0.15) is 0 Å². The van der Waals surface area contributed by atoms with E-state index in [-0.39, 0.29) is 19.0 Å². The van der Waals surface area contributed by atoms with Crippen molar-refractivity contribution in [2.75, 3.05) is 18.8 Å². The number of carbonyl (C=O) groups excluding carboxylic acids is 3. The Hall–Kier alpha value is -2.83. The summed E-state index contributed by atoms with van der Waals surface area (Å²) in [5.41, 5.74) is 7.43. The van der Waals surface area contributed by atoms with Crippen LogP contribution in [-0.2, 0) is 9.59 Å². The van der Waals surface area contributed by atoms with E-state index in [4.69, 9.17) is 5.73 Å². The minimum atomic E-state index is -0.478. The zero-order valence-electron chi connectivity index (χ0n) is 10.5. The molecule has 0 aliphatic carbocycles. The van der Waals surface area contributed by atoms with Crippen LogP contribution in [0.2, 0.25) is 0 Å². The molecule has 1 aromatic carbocycles. The molecule has 7 nitrogen and oxygen atoms in total. The largest absolute Gasteiger partial charge is 0.399 e. The monoisotopic (exact) mass is 272 g/mol. The Kier molecular flexibility index (Phi) is 2.67. The van der Waals surface area contributed by atoms with Crippen molar-refractivity contribution in [3.63, 3.8) is 0 Å². The molecule has 1 fully saturated rings. The number of hydrogen-bond donors (Lipinski definition) is 3. The number of aromatic amines is 1. The van der Waals surface area contributed by atoms with Crippen molar-refractivity contribution in [3.8, 4) is 0 Å². The van der Waals surface area contributed by atoms with E-state index in [0.29, 0.717) is 16.6 Å². The number of piperazine rings is 1. The number of amides is 3.